The van der Waals surface area contributed by atoms with Crippen LogP contribution in [0.1, 0.15) is 31.1 Å². The Labute approximate surface area is 189 Å². The molecule has 0 aliphatic heterocycles. The number of halogens is 2. The number of amides is 2. The molecular formula is C20H21Cl2N3O6. The highest BCUT2D eigenvalue weighted by Gasteiger charge is 2.22. The van der Waals surface area contributed by atoms with E-state index in [0.717, 1.165) is 4.42 Å². The molecular weight excluding hydrogens is 449 g/mol. The molecule has 31 heavy (non-hydrogen) atoms. The number of carbonyl (C=O) groups excluding carboxylic acids is 2. The lowest BCUT2D eigenvalue weighted by atomic mass is 10.1. The van der Waals surface area contributed by atoms with E-state index in [2.05, 4.69) is 5.32 Å². The number of hydrogen-bond acceptors (Lipinski definition) is 6. The molecule has 0 spiro atoms. The SMILES string of the molecule is CC(C)(C)OC(=O)NCCOc1ccc(Cl)cc1C(=O)N(Cl)c1ccc([N+](=O)[O-])cc1. The molecule has 9 nitrogen and oxygen atoms in total. The quantitative estimate of drug-likeness (QED) is 0.265. The van der Waals surface area contributed by atoms with Crippen LogP contribution in [0.15, 0.2) is 42.5 Å². The maximum absolute atomic E-state index is 12.9. The third-order valence-corrected chi connectivity index (χ3v) is 4.25. The standard InChI is InChI=1S/C20H21Cl2N3O6/c1-20(2,3)31-19(27)23-10-11-30-17-9-4-13(21)12-16(17)18(26)24(22)14-5-7-15(8-6-14)25(28)29/h4-9,12H,10-11H2,1-3H3,(H,23,27). The number of nitrogens with one attached hydrogen (secondary N) is 1. The third kappa shape index (κ3) is 7.30. The van der Waals surface area contributed by atoms with Crippen LogP contribution in [0.3, 0.4) is 0 Å². The molecule has 0 atom stereocenters. The van der Waals surface area contributed by atoms with Gasteiger partial charge in [0.25, 0.3) is 11.6 Å². The van der Waals surface area contributed by atoms with Crippen molar-refractivity contribution in [3.8, 4) is 5.75 Å². The Morgan fingerprint density at radius 2 is 1.81 bits per heavy atom. The largest absolute Gasteiger partial charge is 0.491 e. The highest BCUT2D eigenvalue weighted by atomic mass is 35.5. The number of nitro benzene ring substituents is 1. The van der Waals surface area contributed by atoms with Crippen molar-refractivity contribution in [3.05, 3.63) is 63.2 Å². The molecule has 2 rings (SSSR count). The monoisotopic (exact) mass is 469 g/mol. The van der Waals surface area contributed by atoms with Gasteiger partial charge in [-0.2, -0.15) is 0 Å². The minimum Gasteiger partial charge on any atom is -0.491 e. The Morgan fingerprint density at radius 1 is 1.16 bits per heavy atom. The van der Waals surface area contributed by atoms with E-state index in [1.165, 1.54) is 36.4 Å². The number of rotatable bonds is 7. The van der Waals surface area contributed by atoms with Crippen molar-refractivity contribution in [2.45, 2.75) is 26.4 Å². The zero-order valence-electron chi connectivity index (χ0n) is 17.1. The average molecular weight is 470 g/mol. The van der Waals surface area contributed by atoms with Crippen LogP contribution in [0.2, 0.25) is 5.02 Å². The van der Waals surface area contributed by atoms with Crippen molar-refractivity contribution >= 4 is 46.8 Å². The third-order valence-electron chi connectivity index (χ3n) is 3.67. The summed E-state index contributed by atoms with van der Waals surface area (Å²) in [7, 11) is 0. The molecule has 0 heterocycles. The van der Waals surface area contributed by atoms with Gasteiger partial charge in [-0.1, -0.05) is 11.6 Å². The van der Waals surface area contributed by atoms with E-state index in [-0.39, 0.29) is 40.9 Å². The van der Waals surface area contributed by atoms with Crippen LogP contribution in [0, 0.1) is 10.1 Å². The van der Waals surface area contributed by atoms with E-state index in [1.807, 2.05) is 0 Å². The number of ether oxygens (including phenoxy) is 2. The zero-order valence-corrected chi connectivity index (χ0v) is 18.6. The summed E-state index contributed by atoms with van der Waals surface area (Å²) in [6, 6.07) is 9.59. The van der Waals surface area contributed by atoms with Crippen molar-refractivity contribution < 1.29 is 24.0 Å². The molecule has 0 unspecified atom stereocenters. The van der Waals surface area contributed by atoms with Crippen molar-refractivity contribution in [2.75, 3.05) is 17.6 Å². The van der Waals surface area contributed by atoms with E-state index in [9.17, 15) is 19.7 Å². The molecule has 0 aromatic heterocycles. The molecule has 0 aliphatic carbocycles. The maximum Gasteiger partial charge on any atom is 0.407 e. The highest BCUT2D eigenvalue weighted by molar-refractivity contribution is 6.40. The van der Waals surface area contributed by atoms with Crippen LogP contribution in [0.25, 0.3) is 0 Å². The van der Waals surface area contributed by atoms with Crippen LogP contribution in [0.4, 0.5) is 16.2 Å². The van der Waals surface area contributed by atoms with Crippen LogP contribution in [-0.2, 0) is 4.74 Å². The van der Waals surface area contributed by atoms with Gasteiger partial charge < -0.3 is 14.8 Å². The molecule has 11 heteroatoms. The van der Waals surface area contributed by atoms with Crippen molar-refractivity contribution in [1.82, 2.24) is 5.32 Å². The van der Waals surface area contributed by atoms with Crippen molar-refractivity contribution in [1.29, 1.82) is 0 Å². The smallest absolute Gasteiger partial charge is 0.407 e. The van der Waals surface area contributed by atoms with Gasteiger partial charge in [0, 0.05) is 28.9 Å². The molecule has 0 fully saturated rings. The van der Waals surface area contributed by atoms with Crippen LogP contribution >= 0.6 is 23.4 Å². The predicted octanol–water partition coefficient (Wildman–Crippen LogP) is 4.95. The lowest BCUT2D eigenvalue weighted by Crippen LogP contribution is -2.34. The van der Waals surface area contributed by atoms with Crippen LogP contribution in [-0.4, -0.2) is 35.7 Å². The Bertz CT molecular complexity index is 960. The van der Waals surface area contributed by atoms with E-state index >= 15 is 0 Å². The second kappa shape index (κ2) is 10.3. The number of anilines is 1. The van der Waals surface area contributed by atoms with Gasteiger partial charge in [0.15, 0.2) is 0 Å². The fourth-order valence-electron chi connectivity index (χ4n) is 2.35. The lowest BCUT2D eigenvalue weighted by molar-refractivity contribution is -0.384. The van der Waals surface area contributed by atoms with Gasteiger partial charge in [-0.25, -0.2) is 9.21 Å². The molecule has 0 radical (unpaired) electrons. The Hall–Kier alpha value is -3.04. The van der Waals surface area contributed by atoms with Crippen molar-refractivity contribution in [2.24, 2.45) is 0 Å². The topological polar surface area (TPSA) is 111 Å². The van der Waals surface area contributed by atoms with Crippen LogP contribution < -0.4 is 14.5 Å². The van der Waals surface area contributed by atoms with Gasteiger partial charge in [0.05, 0.1) is 22.7 Å². The molecule has 0 aliphatic rings. The number of benzene rings is 2. The molecule has 2 aromatic rings. The summed E-state index contributed by atoms with van der Waals surface area (Å²) in [6.07, 6.45) is -0.589. The van der Waals surface area contributed by atoms with Gasteiger partial charge in [-0.3, -0.25) is 14.9 Å². The number of non-ortho nitro benzene ring substituents is 1. The second-order valence-electron chi connectivity index (χ2n) is 7.28. The molecule has 0 saturated heterocycles. The number of nitro groups is 1. The number of alkyl carbamates (subject to hydrolysis) is 1. The first-order valence-corrected chi connectivity index (χ1v) is 9.83. The number of carbonyl (C=O) groups is 2. The van der Waals surface area contributed by atoms with Gasteiger partial charge >= 0.3 is 6.09 Å². The van der Waals surface area contributed by atoms with Gasteiger partial charge in [-0.15, -0.1) is 0 Å². The second-order valence-corrected chi connectivity index (χ2v) is 8.05. The Morgan fingerprint density at radius 3 is 2.39 bits per heavy atom. The van der Waals surface area contributed by atoms with Gasteiger partial charge in [0.1, 0.15) is 18.0 Å². The summed E-state index contributed by atoms with van der Waals surface area (Å²) in [6.45, 7) is 5.44. The number of nitrogens with zero attached hydrogens (tertiary/aromatic N) is 2. The molecule has 1 N–H and O–H groups in total. The Balaban J connectivity index is 2.07. The first-order valence-electron chi connectivity index (χ1n) is 9.12. The Kier molecular flexibility index (Phi) is 8.07. The van der Waals surface area contributed by atoms with Gasteiger partial charge in [-0.05, 0) is 51.1 Å². The fraction of sp³-hybridized carbons (Fsp3) is 0.300. The molecule has 2 amide bonds. The normalized spacial score (nSPS) is 10.9. The number of hydrogen-bond donors (Lipinski definition) is 1. The summed E-state index contributed by atoms with van der Waals surface area (Å²) in [5.41, 5.74) is -0.444. The minimum absolute atomic E-state index is 0.0565. The molecule has 166 valence electrons. The van der Waals surface area contributed by atoms with E-state index in [1.54, 1.807) is 26.8 Å². The highest BCUT2D eigenvalue weighted by Crippen LogP contribution is 2.28. The fourth-order valence-corrected chi connectivity index (χ4v) is 2.73. The first kappa shape index (κ1) is 24.2. The lowest BCUT2D eigenvalue weighted by Gasteiger charge is -2.20. The first-order chi connectivity index (χ1) is 14.5. The van der Waals surface area contributed by atoms with Gasteiger partial charge in [0.2, 0.25) is 0 Å². The zero-order chi connectivity index (χ0) is 23.2. The molecule has 0 saturated carbocycles. The van der Waals surface area contributed by atoms with E-state index in [4.69, 9.17) is 32.9 Å². The van der Waals surface area contributed by atoms with Crippen LogP contribution in [0.5, 0.6) is 5.75 Å². The minimum atomic E-state index is -0.645. The van der Waals surface area contributed by atoms with E-state index < -0.39 is 22.5 Å². The summed E-state index contributed by atoms with van der Waals surface area (Å²) in [5, 5.41) is 13.6. The summed E-state index contributed by atoms with van der Waals surface area (Å²) in [5.74, 6) is -0.443. The summed E-state index contributed by atoms with van der Waals surface area (Å²) >= 11 is 12.2. The molecule has 2 aromatic carbocycles. The van der Waals surface area contributed by atoms with E-state index in [0.29, 0.717) is 0 Å². The van der Waals surface area contributed by atoms with Crippen molar-refractivity contribution in [3.63, 3.8) is 0 Å². The average Bonchev–Trinajstić information content (AvgIpc) is 2.69. The maximum atomic E-state index is 12.9. The predicted molar refractivity (Wildman–Crippen MR) is 117 cm³/mol. The molecule has 0 bridgehead atoms. The summed E-state index contributed by atoms with van der Waals surface area (Å²) < 4.78 is 11.5. The summed E-state index contributed by atoms with van der Waals surface area (Å²) in [4.78, 5) is 34.8.